The van der Waals surface area contributed by atoms with Crippen LogP contribution in [0.15, 0.2) is 186 Å². The molecule has 0 spiro atoms. The van der Waals surface area contributed by atoms with Crippen LogP contribution in [0.3, 0.4) is 0 Å². The standard InChI is InChI=1S/C21H21ClN4O4.C18H16ClN5O4.C16H15BrClNO4.C10H9ClN6O2.C9H14N4O2.C8H7BrClNO3.CH3F.Na.H2O/c1-4-30-21(28)19-16(22)10-17(25-18-9-13(2)23-12-24-18)20(27)26(19)11-14-5-7-15(29-3)8-6-14;1-28-11-4-2-10(3-5-11)8-24-16(18(26)27)12(19)6-13(17(24)25)23-15-7-14(20)21-9-22-15;1-3-23-16(21)14-13(18)8-12(17)15(20)19(14)9-10-4-6-11(22-2)7-5-10;11-4-1-5(10(19)17-8(4)9(13)18)16-7-2-6(12)14-3-15-7;1-9(2,3)15-8(14)13-7-4-6(10)11-5-12-7;1-2-14-8(13)6-5(10)3-4(9)7(12)11-6;1-2;;/h5-10,12H,4,11H2,1-3H3,(H,23,24,25);2-7,9H,8H2,1H3,(H,26,27)(H3,20,21,22,23);4-8H,3,9H2,1-2H3;1-3H,(H2,13,18)(H,17,19)(H3,12,14,15,16);4-5H,1-3H3,(H3,10,11,12,13,14);3H,2H2,1H3,(H,11,12);1H3;;1H2/q;;;;;;;+1;/p-1/i;;;;;;1D;;. The number of carbonyl (C=O) groups is 6. The number of carbonyl (C=O) groups excluding carboxylic acids is 5. The van der Waals surface area contributed by atoms with Crippen LogP contribution in [-0.4, -0.2) is 164 Å². The Morgan fingerprint density at radius 2 is 0.820 bits per heavy atom. The van der Waals surface area contributed by atoms with Gasteiger partial charge in [-0.2, -0.15) is 0 Å². The van der Waals surface area contributed by atoms with Crippen molar-refractivity contribution in [2.45, 2.75) is 73.7 Å². The Morgan fingerprint density at radius 3 is 1.21 bits per heavy atom. The molecule has 133 heavy (non-hydrogen) atoms. The minimum absolute atomic E-state index is 0. The van der Waals surface area contributed by atoms with Gasteiger partial charge >= 0.3 is 59.5 Å². The molecule has 0 saturated carbocycles. The van der Waals surface area contributed by atoms with Gasteiger partial charge in [0.15, 0.2) is 0 Å². The zero-order valence-electron chi connectivity index (χ0n) is 73.4. The van der Waals surface area contributed by atoms with Crippen LogP contribution in [0.5, 0.6) is 17.2 Å². The molecule has 41 nitrogen and oxygen atoms in total. The Hall–Kier alpha value is -13.2. The first-order chi connectivity index (χ1) is 62.6. The number of nitrogens with two attached hydrogens (primary N) is 4. The quantitative estimate of drug-likeness (QED) is 0.0152. The van der Waals surface area contributed by atoms with Crippen LogP contribution in [-0.2, 0) is 38.6 Å². The molecule has 0 unspecified atom stereocenters. The minimum Gasteiger partial charge on any atom is -0.870 e. The van der Waals surface area contributed by atoms with Crippen LogP contribution in [0.4, 0.5) is 67.0 Å². The van der Waals surface area contributed by atoms with E-state index in [-0.39, 0.29) is 183 Å². The summed E-state index contributed by atoms with van der Waals surface area (Å²) in [5.41, 5.74) is 21.6. The average Bonchev–Trinajstić information content (AvgIpc) is 0.788. The van der Waals surface area contributed by atoms with Crippen LogP contribution in [0.25, 0.3) is 0 Å². The number of aromatic amines is 2. The number of aryl methyl sites for hydroxylation is 1. The molecule has 2 amide bonds. The number of esters is 3. The molecule has 0 aliphatic heterocycles. The number of pyridine rings is 5. The van der Waals surface area contributed by atoms with Gasteiger partial charge in [-0.3, -0.25) is 52.2 Å². The van der Waals surface area contributed by atoms with E-state index in [2.05, 4.69) is 103 Å². The van der Waals surface area contributed by atoms with E-state index in [1.54, 1.807) is 110 Å². The van der Waals surface area contributed by atoms with Crippen LogP contribution in [0.1, 0.15) is 118 Å². The number of carboxylic acid groups (broad SMARTS) is 1. The van der Waals surface area contributed by atoms with Crippen LogP contribution < -0.4 is 116 Å². The van der Waals surface area contributed by atoms with Gasteiger partial charge in [-0.1, -0.05) is 94.4 Å². The second-order valence-electron chi connectivity index (χ2n) is 26.7. The van der Waals surface area contributed by atoms with Gasteiger partial charge < -0.3 is 92.6 Å². The number of rotatable bonds is 24. The fourth-order valence-corrected chi connectivity index (χ4v) is 12.9. The van der Waals surface area contributed by atoms with E-state index in [9.17, 15) is 62.2 Å². The third kappa shape index (κ3) is 34.5. The first-order valence-electron chi connectivity index (χ1n) is 38.4. The number of anilines is 10. The number of aromatic nitrogens is 13. The first kappa shape index (κ1) is 110. The molecular formula is C83H86Br2Cl5FN21NaO20. The predicted octanol–water partition coefficient (Wildman–Crippen LogP) is 10.5. The topological polar surface area (TPSA) is 604 Å². The van der Waals surface area contributed by atoms with Gasteiger partial charge in [0.1, 0.15) is 134 Å². The molecule has 0 aliphatic carbocycles. The van der Waals surface area contributed by atoms with Crippen LogP contribution in [0, 0.1) is 6.92 Å². The molecule has 0 fully saturated rings. The van der Waals surface area contributed by atoms with E-state index in [0.29, 0.717) is 40.3 Å². The van der Waals surface area contributed by atoms with Crippen molar-refractivity contribution in [2.75, 3.05) is 86.8 Å². The van der Waals surface area contributed by atoms with Crippen molar-refractivity contribution in [3.63, 3.8) is 0 Å². The maximum absolute atomic E-state index is 13.2. The van der Waals surface area contributed by atoms with Crippen LogP contribution in [0.2, 0.25) is 25.1 Å². The van der Waals surface area contributed by atoms with Crippen molar-refractivity contribution in [1.82, 2.24) is 63.5 Å². The molecule has 9 aromatic heterocycles. The normalized spacial score (nSPS) is 10.3. The number of benzene rings is 3. The van der Waals surface area contributed by atoms with Gasteiger partial charge in [-0.25, -0.2) is 63.8 Å². The summed E-state index contributed by atoms with van der Waals surface area (Å²) in [5, 5.41) is 20.8. The number of hydrogen-bond donors (Lipinski definition) is 11. The number of nitrogen functional groups attached to an aromatic ring is 3. The fraction of sp³-hybridized carbons (Fsp3) is 0.217. The van der Waals surface area contributed by atoms with E-state index in [0.717, 1.165) is 21.4 Å². The van der Waals surface area contributed by atoms with Gasteiger partial charge in [0, 0.05) is 30.0 Å². The minimum atomic E-state index is -1.31. The average molecular weight is 2080 g/mol. The molecule has 0 radical (unpaired) electrons. The summed E-state index contributed by atoms with van der Waals surface area (Å²) in [7, 11) is 3.69. The number of halogens is 8. The number of nitrogens with one attached hydrogen (secondary N) is 6. The molecule has 50 heteroatoms. The number of carboxylic acids is 1. The first-order valence-corrected chi connectivity index (χ1v) is 41.2. The molecule has 3 aromatic carbocycles. The van der Waals surface area contributed by atoms with Crippen molar-refractivity contribution in [3.8, 4) is 17.2 Å². The Bertz CT molecular complexity index is 6400. The van der Waals surface area contributed by atoms with E-state index in [1.807, 2.05) is 31.2 Å². The summed E-state index contributed by atoms with van der Waals surface area (Å²) >= 11 is 36.4. The predicted molar refractivity (Wildman–Crippen MR) is 501 cm³/mol. The zero-order valence-corrected chi connectivity index (χ0v) is 81.3. The largest absolute Gasteiger partial charge is 1.00 e. The molecule has 0 atom stereocenters. The Labute approximate surface area is 821 Å². The molecule has 12 aromatic rings. The number of ether oxygens (including phenoxy) is 7. The number of methoxy groups -OCH3 is 3. The summed E-state index contributed by atoms with van der Waals surface area (Å²) in [5.74, 6) is 0.0679. The monoisotopic (exact) mass is 2070 g/mol. The number of primary amides is 1. The second-order valence-corrected chi connectivity index (χ2v) is 30.4. The number of nitrogens with zero attached hydrogens (tertiary/aromatic N) is 11. The molecule has 9 heterocycles. The maximum Gasteiger partial charge on any atom is 1.00 e. The van der Waals surface area contributed by atoms with Crippen LogP contribution >= 0.6 is 89.9 Å². The summed E-state index contributed by atoms with van der Waals surface area (Å²) in [6, 6.07) is 34.0. The van der Waals surface area contributed by atoms with Gasteiger partial charge in [-0.05, 0) is 164 Å². The van der Waals surface area contributed by atoms with Crippen molar-refractivity contribution in [1.29, 1.82) is 0 Å². The van der Waals surface area contributed by atoms with Gasteiger partial charge in [0.25, 0.3) is 33.7 Å². The molecule has 16 N–H and O–H groups in total. The van der Waals surface area contributed by atoms with Crippen molar-refractivity contribution in [2.24, 2.45) is 5.73 Å². The summed E-state index contributed by atoms with van der Waals surface area (Å²) in [4.78, 5) is 167. The number of hydrogen-bond acceptors (Lipinski definition) is 33. The Balaban J connectivity index is 0.000000339. The van der Waals surface area contributed by atoms with Gasteiger partial charge in [0.2, 0.25) is 0 Å². The number of aromatic carboxylic acids is 1. The molecule has 12 rings (SSSR count). The van der Waals surface area contributed by atoms with E-state index < -0.39 is 70.9 Å². The molecule has 0 saturated heterocycles. The third-order valence-corrected chi connectivity index (χ3v) is 18.9. The van der Waals surface area contributed by atoms with Crippen molar-refractivity contribution in [3.05, 3.63) is 289 Å². The molecule has 0 aliphatic rings. The van der Waals surface area contributed by atoms with Gasteiger partial charge in [-0.15, -0.1) is 0 Å². The SMILES string of the molecule is CC(C)(C)OC(=O)Nc1cc(N)ncn1.CCOC(=O)c1[nH]c(=O)c(Br)cc1Cl.CCOC(=O)c1c(Cl)cc(Br)c(=O)n1Cc1ccc(OC)cc1.CCOC(=O)c1c(Cl)cc(Nc2cc(C)ncn2)c(=O)n1Cc1ccc(OC)cc1.COc1ccc(Cn2c(C(=O)O)c(Cl)cc(Nc3cc(N)ncn3)c2=O)cc1.NC(=O)c1[nH]c(=O)c(Nc2cc(N)ncn2)cc1Cl.[2H]CF.[Na+].[OH-]. The molecule has 0 bridgehead atoms. The number of H-pyrrole nitrogens is 2. The van der Waals surface area contributed by atoms with Gasteiger partial charge in [0.05, 0.1) is 103 Å². The Morgan fingerprint density at radius 1 is 0.481 bits per heavy atom. The molecular weight excluding hydrogens is 1990 g/mol. The third-order valence-electron chi connectivity index (χ3n) is 16.3. The van der Waals surface area contributed by atoms with E-state index in [4.69, 9.17) is 115 Å². The zero-order chi connectivity index (χ0) is 97.8. The summed E-state index contributed by atoms with van der Waals surface area (Å²) in [6.45, 7) is 13.1. The summed E-state index contributed by atoms with van der Waals surface area (Å²) in [6.07, 6.45) is 4.57. The maximum atomic E-state index is 13.2. The molecule has 700 valence electrons. The fourth-order valence-electron chi connectivity index (χ4n) is 10.5. The van der Waals surface area contributed by atoms with Crippen molar-refractivity contribution >= 4 is 184 Å². The smallest absolute Gasteiger partial charge is 0.870 e. The van der Waals surface area contributed by atoms with Crippen molar-refractivity contribution < 1.29 is 108 Å². The van der Waals surface area contributed by atoms with E-state index >= 15 is 0 Å². The van der Waals surface area contributed by atoms with E-state index in [1.165, 1.54) is 90.1 Å². The number of alkyl halides is 1. The second kappa shape index (κ2) is 54.6. The Kier molecular flexibility index (Phi) is 45.3. The summed E-state index contributed by atoms with van der Waals surface area (Å²) < 4.78 is 54.9. The number of amides is 2.